The van der Waals surface area contributed by atoms with Crippen molar-refractivity contribution in [1.82, 2.24) is 0 Å². The second kappa shape index (κ2) is 12.4. The molecule has 0 aliphatic heterocycles. The number of nitrogens with zero attached hydrogens (tertiary/aromatic N) is 1. The van der Waals surface area contributed by atoms with Crippen molar-refractivity contribution in [3.05, 3.63) is 77.9 Å². The lowest BCUT2D eigenvalue weighted by molar-refractivity contribution is -0.117. The Morgan fingerprint density at radius 2 is 1.59 bits per heavy atom. The number of esters is 1. The summed E-state index contributed by atoms with van der Waals surface area (Å²) in [6.07, 6.45) is 0. The third-order valence-corrected chi connectivity index (χ3v) is 5.65. The highest BCUT2D eigenvalue weighted by atomic mass is 16.5. The molecule has 0 fully saturated rings. The minimum Gasteiger partial charge on any atom is -0.494 e. The summed E-state index contributed by atoms with van der Waals surface area (Å²) in [4.78, 5) is 38.3. The number of carbonyl (C=O) groups excluding carboxylic acids is 3. The summed E-state index contributed by atoms with van der Waals surface area (Å²) in [6, 6.07) is 18.4. The number of amides is 3. The highest BCUT2D eigenvalue weighted by Gasteiger charge is 2.21. The third kappa shape index (κ3) is 7.00. The van der Waals surface area contributed by atoms with E-state index in [2.05, 4.69) is 10.6 Å². The van der Waals surface area contributed by atoms with Crippen LogP contribution < -0.4 is 25.0 Å². The number of para-hydroxylation sites is 1. The number of aryl methyl sites for hydroxylation is 1. The van der Waals surface area contributed by atoms with E-state index >= 15 is 0 Å². The Labute approximate surface area is 216 Å². The molecule has 0 aliphatic rings. The molecule has 0 bridgehead atoms. The van der Waals surface area contributed by atoms with E-state index in [0.717, 1.165) is 5.56 Å². The summed E-state index contributed by atoms with van der Waals surface area (Å²) in [5.74, 6) is 0.342. The van der Waals surface area contributed by atoms with Crippen molar-refractivity contribution in [3.8, 4) is 11.5 Å². The zero-order valence-electron chi connectivity index (χ0n) is 21.5. The molecule has 0 saturated heterocycles. The lowest BCUT2D eigenvalue weighted by Gasteiger charge is -2.29. The number of nitrogens with one attached hydrogen (secondary N) is 2. The Bertz CT molecular complexity index is 1260. The van der Waals surface area contributed by atoms with Crippen LogP contribution in [0.5, 0.6) is 11.5 Å². The number of hydrogen-bond donors (Lipinski definition) is 2. The first kappa shape index (κ1) is 27.1. The number of urea groups is 1. The third-order valence-electron chi connectivity index (χ3n) is 5.65. The van der Waals surface area contributed by atoms with Crippen molar-refractivity contribution in [1.29, 1.82) is 0 Å². The van der Waals surface area contributed by atoms with E-state index in [1.807, 2.05) is 38.1 Å². The van der Waals surface area contributed by atoms with Crippen molar-refractivity contribution in [2.75, 3.05) is 36.4 Å². The molecule has 0 aromatic heterocycles. The molecule has 0 aliphatic carbocycles. The number of methoxy groups -OCH3 is 2. The van der Waals surface area contributed by atoms with Gasteiger partial charge in [-0.2, -0.15) is 0 Å². The lowest BCUT2D eigenvalue weighted by Crippen LogP contribution is -2.40. The van der Waals surface area contributed by atoms with Crippen LogP contribution >= 0.6 is 0 Å². The average Bonchev–Trinajstić information content (AvgIpc) is 2.89. The molecule has 3 aromatic carbocycles. The summed E-state index contributed by atoms with van der Waals surface area (Å²) in [7, 11) is 2.81. The fourth-order valence-corrected chi connectivity index (χ4v) is 3.77. The van der Waals surface area contributed by atoms with E-state index < -0.39 is 12.0 Å². The average molecular weight is 506 g/mol. The number of carbonyl (C=O) groups is 3. The molecule has 2 N–H and O–H groups in total. The van der Waals surface area contributed by atoms with Gasteiger partial charge in [0.2, 0.25) is 5.91 Å². The first-order chi connectivity index (χ1) is 17.7. The second-order valence-electron chi connectivity index (χ2n) is 8.34. The van der Waals surface area contributed by atoms with E-state index in [1.54, 1.807) is 47.4 Å². The molecular weight excluding hydrogens is 474 g/mol. The van der Waals surface area contributed by atoms with Crippen molar-refractivity contribution in [2.24, 2.45) is 0 Å². The molecular formula is C28H31N3O6. The van der Waals surface area contributed by atoms with Crippen molar-refractivity contribution < 1.29 is 28.6 Å². The van der Waals surface area contributed by atoms with Gasteiger partial charge in [-0.15, -0.1) is 0 Å². The molecule has 194 valence electrons. The molecule has 0 saturated carbocycles. The van der Waals surface area contributed by atoms with Crippen LogP contribution in [0.2, 0.25) is 0 Å². The Balaban J connectivity index is 1.70. The molecule has 3 rings (SSSR count). The number of hydrogen-bond acceptors (Lipinski definition) is 6. The molecule has 0 radical (unpaired) electrons. The fourth-order valence-electron chi connectivity index (χ4n) is 3.77. The summed E-state index contributed by atoms with van der Waals surface area (Å²) < 4.78 is 16.0. The van der Waals surface area contributed by atoms with Crippen LogP contribution in [0.15, 0.2) is 66.7 Å². The van der Waals surface area contributed by atoms with Crippen molar-refractivity contribution in [2.45, 2.75) is 26.8 Å². The Kier molecular flexibility index (Phi) is 9.10. The van der Waals surface area contributed by atoms with Gasteiger partial charge in [0.15, 0.2) is 0 Å². The highest BCUT2D eigenvalue weighted by Crippen LogP contribution is 2.31. The van der Waals surface area contributed by atoms with Gasteiger partial charge in [-0.1, -0.05) is 18.2 Å². The summed E-state index contributed by atoms with van der Waals surface area (Å²) in [6.45, 7) is 5.44. The number of benzene rings is 3. The van der Waals surface area contributed by atoms with Crippen LogP contribution in [-0.4, -0.2) is 44.8 Å². The van der Waals surface area contributed by atoms with Crippen LogP contribution in [0.1, 0.15) is 29.8 Å². The summed E-state index contributed by atoms with van der Waals surface area (Å²) in [5, 5.41) is 5.61. The van der Waals surface area contributed by atoms with Gasteiger partial charge in [0.25, 0.3) is 0 Å². The maximum Gasteiger partial charge on any atom is 0.337 e. The molecule has 3 amide bonds. The van der Waals surface area contributed by atoms with E-state index in [9.17, 15) is 14.4 Å². The molecule has 9 nitrogen and oxygen atoms in total. The second-order valence-corrected chi connectivity index (χ2v) is 8.34. The smallest absolute Gasteiger partial charge is 0.337 e. The Morgan fingerprint density at radius 1 is 0.919 bits per heavy atom. The molecule has 0 spiro atoms. The summed E-state index contributed by atoms with van der Waals surface area (Å²) in [5.41, 5.74) is 3.10. The molecule has 1 atom stereocenters. The Hall–Kier alpha value is -4.53. The van der Waals surface area contributed by atoms with Crippen LogP contribution in [0.3, 0.4) is 0 Å². The predicted molar refractivity (Wildman–Crippen MR) is 143 cm³/mol. The van der Waals surface area contributed by atoms with Crippen molar-refractivity contribution in [3.63, 3.8) is 0 Å². The quantitative estimate of drug-likeness (QED) is 0.385. The monoisotopic (exact) mass is 505 g/mol. The first-order valence-electron chi connectivity index (χ1n) is 11.7. The predicted octanol–water partition coefficient (Wildman–Crippen LogP) is 5.25. The topological polar surface area (TPSA) is 106 Å². The van der Waals surface area contributed by atoms with Gasteiger partial charge in [0, 0.05) is 24.4 Å². The minimum absolute atomic E-state index is 0.183. The van der Waals surface area contributed by atoms with Crippen LogP contribution in [0, 0.1) is 6.92 Å². The van der Waals surface area contributed by atoms with Gasteiger partial charge in [0.1, 0.15) is 18.1 Å². The van der Waals surface area contributed by atoms with Crippen molar-refractivity contribution >= 4 is 35.0 Å². The zero-order chi connectivity index (χ0) is 26.9. The van der Waals surface area contributed by atoms with Gasteiger partial charge in [-0.25, -0.2) is 9.59 Å². The van der Waals surface area contributed by atoms with E-state index in [-0.39, 0.29) is 18.6 Å². The standard InChI is InChI=1S/C28H31N3O6/c1-18-8-6-7-9-24(18)29-28(34)30-25-15-12-22(16-26(25)35-4)31(20(3)32)19(2)17-37-23-13-10-21(11-14-23)27(33)36-5/h6-16,19H,17H2,1-5H3,(H2,29,30,34)/t19-/m0/s1. The van der Waals surface area contributed by atoms with Gasteiger partial charge in [0.05, 0.1) is 31.5 Å². The van der Waals surface area contributed by atoms with Gasteiger partial charge in [-0.05, 0) is 61.9 Å². The SMILES string of the molecule is COC(=O)c1ccc(OC[C@H](C)N(C(C)=O)c2ccc(NC(=O)Nc3ccccc3C)c(OC)c2)cc1. The van der Waals surface area contributed by atoms with Crippen LogP contribution in [0.4, 0.5) is 21.9 Å². The lowest BCUT2D eigenvalue weighted by atomic mass is 10.2. The molecule has 0 unspecified atom stereocenters. The normalized spacial score (nSPS) is 11.2. The number of rotatable bonds is 9. The number of ether oxygens (including phenoxy) is 3. The van der Waals surface area contributed by atoms with E-state index in [0.29, 0.717) is 34.1 Å². The van der Waals surface area contributed by atoms with E-state index in [1.165, 1.54) is 21.1 Å². The van der Waals surface area contributed by atoms with Gasteiger partial charge >= 0.3 is 12.0 Å². The maximum absolute atomic E-state index is 12.5. The largest absolute Gasteiger partial charge is 0.494 e. The molecule has 9 heteroatoms. The van der Waals surface area contributed by atoms with E-state index in [4.69, 9.17) is 14.2 Å². The van der Waals surface area contributed by atoms with Crippen LogP contribution in [-0.2, 0) is 9.53 Å². The van der Waals surface area contributed by atoms with Gasteiger partial charge in [-0.3, -0.25) is 4.79 Å². The first-order valence-corrected chi connectivity index (χ1v) is 11.7. The van der Waals surface area contributed by atoms with Gasteiger partial charge < -0.3 is 29.7 Å². The molecule has 0 heterocycles. The van der Waals surface area contributed by atoms with Crippen LogP contribution in [0.25, 0.3) is 0 Å². The Morgan fingerprint density at radius 3 is 2.22 bits per heavy atom. The maximum atomic E-state index is 12.5. The number of anilines is 3. The summed E-state index contributed by atoms with van der Waals surface area (Å²) >= 11 is 0. The molecule has 37 heavy (non-hydrogen) atoms. The minimum atomic E-state index is -0.429. The highest BCUT2D eigenvalue weighted by molar-refractivity contribution is 6.01. The fraction of sp³-hybridized carbons (Fsp3) is 0.250. The zero-order valence-corrected chi connectivity index (χ0v) is 21.5. The molecule has 3 aromatic rings.